The SMILES string of the molecule is CN=C(NCc1ccc(NC(=O)NC(C)C)cc1)N1CCC(CC(=O)NC)CC1.I. The van der Waals surface area contributed by atoms with Gasteiger partial charge in [0.25, 0.3) is 0 Å². The fraction of sp³-hybridized carbons (Fsp3) is 0.571. The molecule has 30 heavy (non-hydrogen) atoms. The van der Waals surface area contributed by atoms with Gasteiger partial charge in [-0.05, 0) is 50.3 Å². The fourth-order valence-electron chi connectivity index (χ4n) is 3.36. The Morgan fingerprint density at radius 1 is 1.17 bits per heavy atom. The van der Waals surface area contributed by atoms with Crippen LogP contribution in [0.2, 0.25) is 0 Å². The second-order valence-corrected chi connectivity index (χ2v) is 7.66. The van der Waals surface area contributed by atoms with Gasteiger partial charge in [-0.1, -0.05) is 12.1 Å². The minimum absolute atomic E-state index is 0. The number of carbonyl (C=O) groups is 2. The zero-order valence-corrected chi connectivity index (χ0v) is 20.7. The summed E-state index contributed by atoms with van der Waals surface area (Å²) in [6.07, 6.45) is 2.59. The second kappa shape index (κ2) is 13.3. The average Bonchev–Trinajstić information content (AvgIpc) is 2.70. The molecule has 1 aliphatic heterocycles. The van der Waals surface area contributed by atoms with E-state index in [1.807, 2.05) is 38.1 Å². The summed E-state index contributed by atoms with van der Waals surface area (Å²) in [4.78, 5) is 30.0. The fourth-order valence-corrected chi connectivity index (χ4v) is 3.36. The number of nitrogens with one attached hydrogen (secondary N) is 4. The standard InChI is InChI=1S/C21H34N6O2.HI/c1-15(2)25-21(29)26-18-7-5-17(6-8-18)14-24-20(23-4)27-11-9-16(10-12-27)13-19(28)22-3;/h5-8,15-16H,9-14H2,1-4H3,(H,22,28)(H,23,24)(H2,25,26,29);1H. The molecule has 9 heteroatoms. The first-order chi connectivity index (χ1) is 13.9. The highest BCUT2D eigenvalue weighted by atomic mass is 127. The van der Waals surface area contributed by atoms with Crippen molar-refractivity contribution in [3.8, 4) is 0 Å². The highest BCUT2D eigenvalue weighted by Gasteiger charge is 2.23. The van der Waals surface area contributed by atoms with Gasteiger partial charge in [-0.3, -0.25) is 9.79 Å². The maximum Gasteiger partial charge on any atom is 0.319 e. The zero-order chi connectivity index (χ0) is 21.2. The van der Waals surface area contributed by atoms with E-state index in [1.165, 1.54) is 0 Å². The molecule has 0 saturated carbocycles. The molecule has 0 aromatic heterocycles. The summed E-state index contributed by atoms with van der Waals surface area (Å²) in [5.74, 6) is 1.43. The van der Waals surface area contributed by atoms with Crippen LogP contribution in [-0.2, 0) is 11.3 Å². The molecule has 0 bridgehead atoms. The molecule has 1 saturated heterocycles. The largest absolute Gasteiger partial charge is 0.359 e. The number of nitrogens with zero attached hydrogens (tertiary/aromatic N) is 2. The Bertz CT molecular complexity index is 700. The minimum atomic E-state index is -0.203. The predicted octanol–water partition coefficient (Wildman–Crippen LogP) is 2.76. The lowest BCUT2D eigenvalue weighted by Gasteiger charge is -2.34. The molecule has 0 unspecified atom stereocenters. The van der Waals surface area contributed by atoms with E-state index in [4.69, 9.17) is 0 Å². The first-order valence-electron chi connectivity index (χ1n) is 10.2. The van der Waals surface area contributed by atoms with Crippen molar-refractivity contribution in [3.05, 3.63) is 29.8 Å². The molecule has 1 fully saturated rings. The van der Waals surface area contributed by atoms with Gasteiger partial charge in [-0.2, -0.15) is 0 Å². The number of halogens is 1. The molecule has 3 amide bonds. The number of carbonyl (C=O) groups excluding carboxylic acids is 2. The summed E-state index contributed by atoms with van der Waals surface area (Å²) < 4.78 is 0. The first kappa shape index (κ1) is 26.0. The molecule has 168 valence electrons. The molecule has 1 aliphatic rings. The number of likely N-dealkylation sites (tertiary alicyclic amines) is 1. The normalized spacial score (nSPS) is 14.7. The molecule has 8 nitrogen and oxygen atoms in total. The van der Waals surface area contributed by atoms with Crippen LogP contribution in [-0.4, -0.2) is 56.0 Å². The summed E-state index contributed by atoms with van der Waals surface area (Å²) in [7, 11) is 3.48. The van der Waals surface area contributed by atoms with Gasteiger partial charge in [0, 0.05) is 51.9 Å². The molecular formula is C21H35IN6O2. The van der Waals surface area contributed by atoms with Crippen LogP contribution in [0.15, 0.2) is 29.3 Å². The van der Waals surface area contributed by atoms with E-state index >= 15 is 0 Å². The van der Waals surface area contributed by atoms with Crippen LogP contribution in [0.25, 0.3) is 0 Å². The van der Waals surface area contributed by atoms with Crippen molar-refractivity contribution >= 4 is 47.6 Å². The van der Waals surface area contributed by atoms with E-state index in [2.05, 4.69) is 31.2 Å². The van der Waals surface area contributed by atoms with Crippen molar-refractivity contribution in [1.82, 2.24) is 20.9 Å². The number of rotatable bonds is 6. The number of urea groups is 1. The minimum Gasteiger partial charge on any atom is -0.359 e. The van der Waals surface area contributed by atoms with Crippen LogP contribution in [0.1, 0.15) is 38.7 Å². The molecule has 4 N–H and O–H groups in total. The topological polar surface area (TPSA) is 97.9 Å². The molecule has 1 heterocycles. The van der Waals surface area contributed by atoms with Gasteiger partial charge in [0.2, 0.25) is 5.91 Å². The van der Waals surface area contributed by atoms with Crippen molar-refractivity contribution in [2.24, 2.45) is 10.9 Å². The Morgan fingerprint density at radius 3 is 2.33 bits per heavy atom. The van der Waals surface area contributed by atoms with E-state index < -0.39 is 0 Å². The van der Waals surface area contributed by atoms with Gasteiger partial charge >= 0.3 is 6.03 Å². The summed E-state index contributed by atoms with van der Waals surface area (Å²) in [6.45, 7) is 6.30. The van der Waals surface area contributed by atoms with Gasteiger partial charge in [0.15, 0.2) is 5.96 Å². The highest BCUT2D eigenvalue weighted by molar-refractivity contribution is 14.0. The van der Waals surface area contributed by atoms with Crippen LogP contribution in [0, 0.1) is 5.92 Å². The molecular weight excluding hydrogens is 495 g/mol. The number of benzene rings is 1. The second-order valence-electron chi connectivity index (χ2n) is 7.66. The monoisotopic (exact) mass is 530 g/mol. The van der Waals surface area contributed by atoms with Crippen LogP contribution >= 0.6 is 24.0 Å². The average molecular weight is 530 g/mol. The van der Waals surface area contributed by atoms with Gasteiger partial charge in [0.05, 0.1) is 0 Å². The van der Waals surface area contributed by atoms with Crippen molar-refractivity contribution in [2.45, 2.75) is 45.7 Å². The molecule has 0 radical (unpaired) electrons. The Kier molecular flexibility index (Phi) is 11.5. The van der Waals surface area contributed by atoms with Crippen LogP contribution in [0.3, 0.4) is 0 Å². The highest BCUT2D eigenvalue weighted by Crippen LogP contribution is 2.20. The number of aliphatic imine (C=N–C) groups is 1. The Morgan fingerprint density at radius 2 is 1.80 bits per heavy atom. The third kappa shape index (κ3) is 8.76. The lowest BCUT2D eigenvalue weighted by molar-refractivity contribution is -0.121. The maximum absolute atomic E-state index is 11.8. The zero-order valence-electron chi connectivity index (χ0n) is 18.3. The molecule has 0 aliphatic carbocycles. The summed E-state index contributed by atoms with van der Waals surface area (Å²) >= 11 is 0. The van der Waals surface area contributed by atoms with Gasteiger partial charge < -0.3 is 26.2 Å². The quantitative estimate of drug-likeness (QED) is 0.258. The van der Waals surface area contributed by atoms with Gasteiger partial charge in [-0.15, -0.1) is 24.0 Å². The van der Waals surface area contributed by atoms with E-state index in [1.54, 1.807) is 14.1 Å². The van der Waals surface area contributed by atoms with E-state index in [9.17, 15) is 9.59 Å². The van der Waals surface area contributed by atoms with Crippen LogP contribution in [0.4, 0.5) is 10.5 Å². The van der Waals surface area contributed by atoms with Crippen LogP contribution in [0.5, 0.6) is 0 Å². The predicted molar refractivity (Wildman–Crippen MR) is 132 cm³/mol. The Balaban J connectivity index is 0.00000450. The van der Waals surface area contributed by atoms with Gasteiger partial charge in [-0.25, -0.2) is 4.79 Å². The number of anilines is 1. The smallest absolute Gasteiger partial charge is 0.319 e. The van der Waals surface area contributed by atoms with E-state index in [-0.39, 0.29) is 42.0 Å². The molecule has 1 aromatic rings. The third-order valence-electron chi connectivity index (χ3n) is 4.96. The number of guanidine groups is 1. The lowest BCUT2D eigenvalue weighted by atomic mass is 9.93. The van der Waals surface area contributed by atoms with E-state index in [0.717, 1.165) is 43.1 Å². The Labute approximate surface area is 196 Å². The van der Waals surface area contributed by atoms with Crippen molar-refractivity contribution in [3.63, 3.8) is 0 Å². The third-order valence-corrected chi connectivity index (χ3v) is 4.96. The summed E-state index contributed by atoms with van der Waals surface area (Å²) in [6, 6.07) is 7.65. The molecule has 0 spiro atoms. The number of piperidine rings is 1. The number of hydrogen-bond donors (Lipinski definition) is 4. The maximum atomic E-state index is 11.8. The molecule has 1 aromatic carbocycles. The number of amides is 3. The van der Waals surface area contributed by atoms with Crippen molar-refractivity contribution < 1.29 is 9.59 Å². The number of hydrogen-bond acceptors (Lipinski definition) is 3. The molecule has 2 rings (SSSR count). The summed E-state index contributed by atoms with van der Waals surface area (Å²) in [5.41, 5.74) is 1.87. The summed E-state index contributed by atoms with van der Waals surface area (Å²) in [5, 5.41) is 11.7. The van der Waals surface area contributed by atoms with Gasteiger partial charge in [0.1, 0.15) is 0 Å². The van der Waals surface area contributed by atoms with Crippen LogP contribution < -0.4 is 21.3 Å². The van der Waals surface area contributed by atoms with E-state index in [0.29, 0.717) is 18.9 Å². The first-order valence-corrected chi connectivity index (χ1v) is 10.2. The lowest BCUT2D eigenvalue weighted by Crippen LogP contribution is -2.45. The van der Waals surface area contributed by atoms with Crippen molar-refractivity contribution in [2.75, 3.05) is 32.5 Å². The Hall–Kier alpha value is -2.04. The molecule has 0 atom stereocenters. The van der Waals surface area contributed by atoms with Crippen molar-refractivity contribution in [1.29, 1.82) is 0 Å².